The van der Waals surface area contributed by atoms with Gasteiger partial charge in [0.1, 0.15) is 6.62 Å². The fourth-order valence-corrected chi connectivity index (χ4v) is 2.01. The van der Waals surface area contributed by atoms with Crippen LogP contribution in [0.2, 0.25) is 0 Å². The molecule has 0 atom stereocenters. The highest BCUT2D eigenvalue weighted by Crippen LogP contribution is 2.62. The minimum atomic E-state index is -0.940. The van der Waals surface area contributed by atoms with Crippen molar-refractivity contribution >= 4 is 17.9 Å². The van der Waals surface area contributed by atoms with Crippen LogP contribution in [0.15, 0.2) is 0 Å². The molecule has 0 unspecified atom stereocenters. The summed E-state index contributed by atoms with van der Waals surface area (Å²) in [4.78, 5) is 0. The van der Waals surface area contributed by atoms with Crippen LogP contribution in [0.4, 0.5) is 0 Å². The quantitative estimate of drug-likeness (QED) is 0.547. The predicted molar refractivity (Wildman–Crippen MR) is 44.4 cm³/mol. The lowest BCUT2D eigenvalue weighted by molar-refractivity contribution is 1.34. The molecule has 2 heteroatoms. The number of hydrogen-bond donors (Lipinski definition) is 0. The first-order valence-electron chi connectivity index (χ1n) is 3.24. The van der Waals surface area contributed by atoms with Crippen molar-refractivity contribution in [1.82, 2.24) is 0 Å². The number of hydrogen-bond acceptors (Lipinski definition) is 0. The van der Waals surface area contributed by atoms with Crippen LogP contribution in [0.1, 0.15) is 20.8 Å². The van der Waals surface area contributed by atoms with Gasteiger partial charge in [0.25, 0.3) is 0 Å². The van der Waals surface area contributed by atoms with E-state index in [1.54, 1.807) is 0 Å². The first kappa shape index (κ1) is 8.72. The fraction of sp³-hybridized carbons (Fsp3) is 1.00. The average Bonchev–Trinajstić information content (AvgIpc) is 1.87. The van der Waals surface area contributed by atoms with Gasteiger partial charge in [0.05, 0.1) is 29.7 Å². The van der Waals surface area contributed by atoms with Crippen LogP contribution < -0.4 is 0 Å². The lowest BCUT2D eigenvalue weighted by atomic mass is 10.9. The molecule has 0 spiro atoms. The first-order chi connectivity index (χ1) is 3.68. The van der Waals surface area contributed by atoms with Crippen molar-refractivity contribution in [3.05, 3.63) is 0 Å². The van der Waals surface area contributed by atoms with Gasteiger partial charge in [-0.1, -0.05) is 0 Å². The van der Waals surface area contributed by atoms with Crippen molar-refractivity contribution in [3.63, 3.8) is 0 Å². The summed E-state index contributed by atoms with van der Waals surface area (Å²) in [5.74, 6) is 0. The highest BCUT2D eigenvalue weighted by molar-refractivity contribution is 7.98. The second-order valence-corrected chi connectivity index (χ2v) is 8.09. The van der Waals surface area contributed by atoms with E-state index < -0.39 is 6.62 Å². The van der Waals surface area contributed by atoms with Crippen LogP contribution in [0.3, 0.4) is 0 Å². The van der Waals surface area contributed by atoms with Gasteiger partial charge < -0.3 is 0 Å². The van der Waals surface area contributed by atoms with Crippen LogP contribution in [-0.4, -0.2) is 18.5 Å². The Balaban J connectivity index is 3.58. The molecule has 0 nitrogen and oxygen atoms in total. The SMILES string of the molecule is CC[P+](Cl)(CC)CC. The second-order valence-electron chi connectivity index (χ2n) is 1.98. The van der Waals surface area contributed by atoms with Crippen molar-refractivity contribution in [3.8, 4) is 0 Å². The average molecular weight is 154 g/mol. The minimum absolute atomic E-state index is 0.940. The van der Waals surface area contributed by atoms with E-state index in [-0.39, 0.29) is 0 Å². The topological polar surface area (TPSA) is 0 Å². The zero-order valence-electron chi connectivity index (χ0n) is 5.95. The van der Waals surface area contributed by atoms with Gasteiger partial charge in [-0.2, -0.15) is 0 Å². The zero-order chi connectivity index (χ0) is 6.62. The maximum atomic E-state index is 6.20. The summed E-state index contributed by atoms with van der Waals surface area (Å²) >= 11 is 6.20. The van der Waals surface area contributed by atoms with Gasteiger partial charge in [0.15, 0.2) is 0 Å². The molecule has 0 aliphatic rings. The summed E-state index contributed by atoms with van der Waals surface area (Å²) in [5, 5.41) is 0. The molecule has 8 heavy (non-hydrogen) atoms. The van der Waals surface area contributed by atoms with Crippen molar-refractivity contribution < 1.29 is 0 Å². The van der Waals surface area contributed by atoms with Crippen molar-refractivity contribution in [2.24, 2.45) is 0 Å². The Hall–Kier alpha value is 0.720. The van der Waals surface area contributed by atoms with Crippen LogP contribution in [0, 0.1) is 0 Å². The molecule has 0 bridgehead atoms. The fourth-order valence-electron chi connectivity index (χ4n) is 0.671. The Labute approximate surface area is 57.7 Å². The Morgan fingerprint density at radius 1 is 1.00 bits per heavy atom. The van der Waals surface area contributed by atoms with Crippen LogP contribution in [0.25, 0.3) is 0 Å². The molecule has 0 heterocycles. The molecular weight excluding hydrogens is 138 g/mol. The Morgan fingerprint density at radius 3 is 1.25 bits per heavy atom. The summed E-state index contributed by atoms with van der Waals surface area (Å²) in [6.07, 6.45) is 3.59. The largest absolute Gasteiger partial charge is 0.113 e. The minimum Gasteiger partial charge on any atom is -0.0297 e. The Kier molecular flexibility index (Phi) is 4.02. The molecule has 0 aliphatic carbocycles. The zero-order valence-corrected chi connectivity index (χ0v) is 7.60. The molecule has 0 amide bonds. The lowest BCUT2D eigenvalue weighted by Crippen LogP contribution is -1.93. The second kappa shape index (κ2) is 3.69. The molecule has 0 N–H and O–H groups in total. The summed E-state index contributed by atoms with van der Waals surface area (Å²) in [6.45, 7) is 5.62. The molecule has 0 rings (SSSR count). The Morgan fingerprint density at radius 2 is 1.25 bits per heavy atom. The molecule has 0 aliphatic heterocycles. The molecular formula is C6H15ClP+. The van der Waals surface area contributed by atoms with Crippen molar-refractivity contribution in [1.29, 1.82) is 0 Å². The first-order valence-corrected chi connectivity index (χ1v) is 6.49. The monoisotopic (exact) mass is 153 g/mol. The van der Waals surface area contributed by atoms with Crippen molar-refractivity contribution in [2.45, 2.75) is 20.8 Å². The maximum Gasteiger partial charge on any atom is 0.113 e. The summed E-state index contributed by atoms with van der Waals surface area (Å²) < 4.78 is 0. The van der Waals surface area contributed by atoms with Gasteiger partial charge in [-0.05, 0) is 20.8 Å². The summed E-state index contributed by atoms with van der Waals surface area (Å²) in [6, 6.07) is 0. The summed E-state index contributed by atoms with van der Waals surface area (Å²) in [5.41, 5.74) is 0. The third-order valence-electron chi connectivity index (χ3n) is 1.70. The van der Waals surface area contributed by atoms with E-state index in [0.717, 1.165) is 0 Å². The lowest BCUT2D eigenvalue weighted by Gasteiger charge is -2.11. The van der Waals surface area contributed by atoms with Crippen LogP contribution >= 0.6 is 17.9 Å². The van der Waals surface area contributed by atoms with E-state index in [4.69, 9.17) is 11.2 Å². The van der Waals surface area contributed by atoms with Gasteiger partial charge in [-0.25, -0.2) is 0 Å². The van der Waals surface area contributed by atoms with E-state index in [0.29, 0.717) is 0 Å². The van der Waals surface area contributed by atoms with Gasteiger partial charge in [0.2, 0.25) is 0 Å². The van der Waals surface area contributed by atoms with Gasteiger partial charge in [-0.15, -0.1) is 0 Å². The number of rotatable bonds is 3. The van der Waals surface area contributed by atoms with Crippen LogP contribution in [0.5, 0.6) is 0 Å². The molecule has 0 aromatic carbocycles. The van der Waals surface area contributed by atoms with E-state index in [1.807, 2.05) is 0 Å². The highest BCUT2D eigenvalue weighted by atomic mass is 35.7. The Bertz CT molecular complexity index is 51.3. The molecule has 0 saturated heterocycles. The third kappa shape index (κ3) is 2.33. The van der Waals surface area contributed by atoms with E-state index >= 15 is 0 Å². The maximum absolute atomic E-state index is 6.20. The van der Waals surface area contributed by atoms with E-state index in [2.05, 4.69) is 20.8 Å². The number of halogens is 1. The molecule has 0 fully saturated rings. The molecule has 50 valence electrons. The van der Waals surface area contributed by atoms with Gasteiger partial charge in [-0.3, -0.25) is 0 Å². The molecule has 0 radical (unpaired) electrons. The third-order valence-corrected chi connectivity index (χ3v) is 7.25. The van der Waals surface area contributed by atoms with E-state index in [1.165, 1.54) is 18.5 Å². The van der Waals surface area contributed by atoms with Gasteiger partial charge in [0, 0.05) is 0 Å². The standard InChI is InChI=1S/C6H15ClP/c1-4-8(7,5-2)6-3/h4-6H2,1-3H3/q+1. The highest BCUT2D eigenvalue weighted by Gasteiger charge is 2.27. The predicted octanol–water partition coefficient (Wildman–Crippen LogP) is 3.22. The molecule has 0 saturated carbocycles. The molecule has 0 aromatic heterocycles. The van der Waals surface area contributed by atoms with E-state index in [9.17, 15) is 0 Å². The van der Waals surface area contributed by atoms with Crippen molar-refractivity contribution in [2.75, 3.05) is 18.5 Å². The van der Waals surface area contributed by atoms with Crippen LogP contribution in [-0.2, 0) is 0 Å². The summed E-state index contributed by atoms with van der Waals surface area (Å²) in [7, 11) is 0. The van der Waals surface area contributed by atoms with Gasteiger partial charge >= 0.3 is 0 Å². The smallest absolute Gasteiger partial charge is 0.0297 e. The normalized spacial score (nSPS) is 12.0. The molecule has 0 aromatic rings.